The molecular weight excluding hydrogens is 400 g/mol. The van der Waals surface area contributed by atoms with Crippen LogP contribution in [0.15, 0.2) is 65.6 Å². The highest BCUT2D eigenvalue weighted by molar-refractivity contribution is 7.99. The Bertz CT molecular complexity index is 850. The minimum Gasteiger partial charge on any atom is -0.478 e. The van der Waals surface area contributed by atoms with Crippen molar-refractivity contribution in [1.29, 1.82) is 5.26 Å². The first-order chi connectivity index (χ1) is 13.4. The monoisotopic (exact) mass is 418 g/mol. The third-order valence-electron chi connectivity index (χ3n) is 3.30. The van der Waals surface area contributed by atoms with Gasteiger partial charge in [-0.15, -0.1) is 11.8 Å². The quantitative estimate of drug-likeness (QED) is 0.456. The van der Waals surface area contributed by atoms with E-state index in [2.05, 4.69) is 18.2 Å². The zero-order valence-corrected chi connectivity index (χ0v) is 16.4. The Balaban J connectivity index is 0.000000416. The molecule has 0 fully saturated rings. The molecule has 4 N–H and O–H groups in total. The Hall–Kier alpha value is -2.79. The van der Waals surface area contributed by atoms with E-state index in [4.69, 9.17) is 27.5 Å². The number of thioether (sulfide) groups is 1. The van der Waals surface area contributed by atoms with Crippen molar-refractivity contribution in [2.75, 3.05) is 6.54 Å². The largest absolute Gasteiger partial charge is 0.478 e. The lowest BCUT2D eigenvalue weighted by molar-refractivity contribution is -0.134. The molecule has 0 radical (unpaired) electrons. The van der Waals surface area contributed by atoms with Gasteiger partial charge in [-0.25, -0.2) is 9.59 Å². The SMILES string of the molecule is N#Cc1ccc(Cl)cc1S[C@H](CCN)c1ccccc1.O=C(O)C=CC(=O)O. The number of carbonyl (C=O) groups is 2. The Morgan fingerprint density at radius 2 is 1.75 bits per heavy atom. The number of benzene rings is 2. The van der Waals surface area contributed by atoms with Crippen molar-refractivity contribution in [3.05, 3.63) is 76.8 Å². The number of hydrogen-bond donors (Lipinski definition) is 3. The molecule has 0 spiro atoms. The van der Waals surface area contributed by atoms with Gasteiger partial charge in [-0.3, -0.25) is 0 Å². The zero-order valence-electron chi connectivity index (χ0n) is 14.8. The summed E-state index contributed by atoms with van der Waals surface area (Å²) in [5.41, 5.74) is 7.58. The molecule has 2 rings (SSSR count). The van der Waals surface area contributed by atoms with Crippen LogP contribution < -0.4 is 5.73 Å². The normalized spacial score (nSPS) is 11.2. The predicted molar refractivity (Wildman–Crippen MR) is 109 cm³/mol. The van der Waals surface area contributed by atoms with Gasteiger partial charge in [-0.1, -0.05) is 41.9 Å². The summed E-state index contributed by atoms with van der Waals surface area (Å²) in [6.07, 6.45) is 1.97. The molecule has 0 amide bonds. The van der Waals surface area contributed by atoms with Crippen LogP contribution in [0.1, 0.15) is 22.8 Å². The van der Waals surface area contributed by atoms with Gasteiger partial charge in [0, 0.05) is 27.3 Å². The maximum absolute atomic E-state index is 9.55. The summed E-state index contributed by atoms with van der Waals surface area (Å²) >= 11 is 7.68. The fraction of sp³-hybridized carbons (Fsp3) is 0.150. The number of halogens is 1. The van der Waals surface area contributed by atoms with Crippen LogP contribution in [0.2, 0.25) is 5.02 Å². The van der Waals surface area contributed by atoms with E-state index in [1.165, 1.54) is 5.56 Å². The van der Waals surface area contributed by atoms with E-state index in [0.717, 1.165) is 11.3 Å². The third-order valence-corrected chi connectivity index (χ3v) is 4.92. The van der Waals surface area contributed by atoms with Crippen LogP contribution in [0.3, 0.4) is 0 Å². The number of nitriles is 1. The van der Waals surface area contributed by atoms with Crippen LogP contribution in [-0.4, -0.2) is 28.7 Å². The molecule has 0 heterocycles. The van der Waals surface area contributed by atoms with Crippen LogP contribution in [0.5, 0.6) is 0 Å². The number of rotatable bonds is 7. The number of nitrogens with zero attached hydrogens (tertiary/aromatic N) is 1. The van der Waals surface area contributed by atoms with Crippen molar-refractivity contribution >= 4 is 35.3 Å². The van der Waals surface area contributed by atoms with E-state index in [1.54, 1.807) is 23.9 Å². The number of carboxylic acid groups (broad SMARTS) is 2. The van der Waals surface area contributed by atoms with Gasteiger partial charge in [-0.2, -0.15) is 5.26 Å². The lowest BCUT2D eigenvalue weighted by Gasteiger charge is -2.17. The van der Waals surface area contributed by atoms with Crippen molar-refractivity contribution in [2.45, 2.75) is 16.6 Å². The molecule has 146 valence electrons. The first-order valence-corrected chi connectivity index (χ1v) is 9.38. The summed E-state index contributed by atoms with van der Waals surface area (Å²) in [5.74, 6) is -2.51. The molecule has 2 aromatic carbocycles. The molecule has 0 unspecified atom stereocenters. The minimum atomic E-state index is -1.26. The first kappa shape index (κ1) is 23.2. The number of carboxylic acids is 2. The second-order valence-electron chi connectivity index (χ2n) is 5.36. The van der Waals surface area contributed by atoms with Gasteiger partial charge in [0.1, 0.15) is 6.07 Å². The highest BCUT2D eigenvalue weighted by atomic mass is 35.5. The molecule has 0 aliphatic heterocycles. The highest BCUT2D eigenvalue weighted by Crippen LogP contribution is 2.39. The second kappa shape index (κ2) is 12.6. The lowest BCUT2D eigenvalue weighted by atomic mass is 10.1. The van der Waals surface area contributed by atoms with Crippen molar-refractivity contribution in [3.63, 3.8) is 0 Å². The average Bonchev–Trinajstić information content (AvgIpc) is 2.67. The summed E-state index contributed by atoms with van der Waals surface area (Å²) < 4.78 is 0. The van der Waals surface area contributed by atoms with Gasteiger partial charge in [0.15, 0.2) is 0 Å². The average molecular weight is 419 g/mol. The topological polar surface area (TPSA) is 124 Å². The second-order valence-corrected chi connectivity index (χ2v) is 7.04. The number of hydrogen-bond acceptors (Lipinski definition) is 5. The van der Waals surface area contributed by atoms with Gasteiger partial charge in [0.25, 0.3) is 0 Å². The van der Waals surface area contributed by atoms with Crippen molar-refractivity contribution in [2.24, 2.45) is 5.73 Å². The molecule has 0 aliphatic rings. The molecule has 28 heavy (non-hydrogen) atoms. The summed E-state index contributed by atoms with van der Waals surface area (Å²) in [6, 6.07) is 17.8. The molecule has 0 saturated heterocycles. The lowest BCUT2D eigenvalue weighted by Crippen LogP contribution is -2.05. The van der Waals surface area contributed by atoms with Crippen LogP contribution in [0.4, 0.5) is 0 Å². The van der Waals surface area contributed by atoms with Crippen LogP contribution in [0.25, 0.3) is 0 Å². The number of aliphatic carboxylic acids is 2. The van der Waals surface area contributed by atoms with Crippen LogP contribution >= 0.6 is 23.4 Å². The third kappa shape index (κ3) is 8.73. The summed E-state index contributed by atoms with van der Waals surface area (Å²) in [6.45, 7) is 0.606. The van der Waals surface area contributed by atoms with Gasteiger partial charge in [-0.05, 0) is 36.7 Å². The van der Waals surface area contributed by atoms with Crippen molar-refractivity contribution < 1.29 is 19.8 Å². The van der Waals surface area contributed by atoms with E-state index >= 15 is 0 Å². The smallest absolute Gasteiger partial charge is 0.328 e. The molecule has 0 aliphatic carbocycles. The number of nitrogens with two attached hydrogens (primary N) is 1. The molecule has 0 saturated carbocycles. The molecule has 0 aromatic heterocycles. The van der Waals surface area contributed by atoms with Crippen LogP contribution in [0, 0.1) is 11.3 Å². The van der Waals surface area contributed by atoms with E-state index in [1.807, 2.05) is 24.3 Å². The fourth-order valence-electron chi connectivity index (χ4n) is 2.09. The van der Waals surface area contributed by atoms with Gasteiger partial charge in [0.05, 0.1) is 5.56 Å². The molecule has 6 nitrogen and oxygen atoms in total. The minimum absolute atomic E-state index is 0.228. The van der Waals surface area contributed by atoms with E-state index < -0.39 is 11.9 Å². The van der Waals surface area contributed by atoms with Gasteiger partial charge >= 0.3 is 11.9 Å². The van der Waals surface area contributed by atoms with Crippen LogP contribution in [-0.2, 0) is 9.59 Å². The molecule has 0 bridgehead atoms. The standard InChI is InChI=1S/C16H15ClN2S.C4H4O4/c17-14-7-6-13(11-19)16(10-14)20-15(8-9-18)12-4-2-1-3-5-12;5-3(6)1-2-4(7)8/h1-7,10,15H,8-9,18H2;1-2H,(H,5,6)(H,7,8)/t15-;/m1./s1. The molecular formula is C20H19ClN2O4S. The zero-order chi connectivity index (χ0) is 20.9. The van der Waals surface area contributed by atoms with E-state index in [9.17, 15) is 14.9 Å². The predicted octanol–water partition coefficient (Wildman–Crippen LogP) is 4.11. The van der Waals surface area contributed by atoms with E-state index in [-0.39, 0.29) is 5.25 Å². The Morgan fingerprint density at radius 1 is 1.14 bits per heavy atom. The Morgan fingerprint density at radius 3 is 2.25 bits per heavy atom. The fourth-order valence-corrected chi connectivity index (χ4v) is 3.62. The summed E-state index contributed by atoms with van der Waals surface area (Å²) in [4.78, 5) is 20.0. The highest BCUT2D eigenvalue weighted by Gasteiger charge is 2.15. The summed E-state index contributed by atoms with van der Waals surface area (Å²) in [5, 5.41) is 25.7. The Labute approximate surface area is 172 Å². The molecule has 1 atom stereocenters. The van der Waals surface area contributed by atoms with Gasteiger partial charge < -0.3 is 15.9 Å². The first-order valence-electron chi connectivity index (χ1n) is 8.12. The van der Waals surface area contributed by atoms with Gasteiger partial charge in [0.2, 0.25) is 0 Å². The van der Waals surface area contributed by atoms with Crippen molar-refractivity contribution in [3.8, 4) is 6.07 Å². The molecule has 8 heteroatoms. The summed E-state index contributed by atoms with van der Waals surface area (Å²) in [7, 11) is 0. The maximum Gasteiger partial charge on any atom is 0.328 e. The maximum atomic E-state index is 9.55. The van der Waals surface area contributed by atoms with E-state index in [0.29, 0.717) is 29.3 Å². The Kier molecular flexibility index (Phi) is 10.4. The molecule has 2 aromatic rings. The van der Waals surface area contributed by atoms with Crippen molar-refractivity contribution in [1.82, 2.24) is 0 Å².